The molecule has 11 heteroatoms. The van der Waals surface area contributed by atoms with Crippen LogP contribution in [0.3, 0.4) is 0 Å². The van der Waals surface area contributed by atoms with E-state index in [9.17, 15) is 19.5 Å². The number of carbonyl (C=O) groups excluding carboxylic acids is 2. The highest BCUT2D eigenvalue weighted by atomic mass is 35.5. The van der Waals surface area contributed by atoms with Crippen LogP contribution in [0.1, 0.15) is 25.3 Å². The van der Waals surface area contributed by atoms with Gasteiger partial charge in [-0.3, -0.25) is 19.3 Å². The molecule has 40 heavy (non-hydrogen) atoms. The van der Waals surface area contributed by atoms with Crippen LogP contribution in [0.2, 0.25) is 10.0 Å². The maximum Gasteiger partial charge on any atom is 0.306 e. The minimum Gasteiger partial charge on any atom is -0.481 e. The number of carboxylic acids is 1. The van der Waals surface area contributed by atoms with Gasteiger partial charge in [-0.15, -0.1) is 0 Å². The molecule has 7 nitrogen and oxygen atoms in total. The number of alkyl halides is 2. The summed E-state index contributed by atoms with van der Waals surface area (Å²) >= 11 is 12.5. The maximum absolute atomic E-state index is 15.1. The minimum absolute atomic E-state index is 0.0507. The van der Waals surface area contributed by atoms with Crippen molar-refractivity contribution in [3.05, 3.63) is 82.3 Å². The summed E-state index contributed by atoms with van der Waals surface area (Å²) in [4.78, 5) is 40.1. The molecule has 5 rings (SSSR count). The Balaban J connectivity index is 1.50. The van der Waals surface area contributed by atoms with E-state index in [1.807, 2.05) is 36.4 Å². The summed E-state index contributed by atoms with van der Waals surface area (Å²) in [5.41, 5.74) is 0.407. The summed E-state index contributed by atoms with van der Waals surface area (Å²) in [6, 6.07) is 18.2. The van der Waals surface area contributed by atoms with Gasteiger partial charge < -0.3 is 15.7 Å². The summed E-state index contributed by atoms with van der Waals surface area (Å²) in [7, 11) is 0. The molecule has 2 heterocycles. The SMILES string of the molecule is C[C@@H](C(=O)Nc1cccc(-c2ccccc2)c1)[C@H]1CC(F)(F)CN1[C@@]1(CC(=O)O)C(=O)Nc2c(Cl)cc(Cl)cc21. The molecule has 3 aromatic carbocycles. The molecule has 3 N–H and O–H groups in total. The third-order valence-electron chi connectivity index (χ3n) is 7.55. The van der Waals surface area contributed by atoms with Gasteiger partial charge in [-0.05, 0) is 35.4 Å². The lowest BCUT2D eigenvalue weighted by molar-refractivity contribution is -0.147. The normalized spacial score (nSPS) is 22.4. The molecule has 2 amide bonds. The molecule has 0 radical (unpaired) electrons. The second-order valence-electron chi connectivity index (χ2n) is 10.2. The number of hydrogen-bond acceptors (Lipinski definition) is 4. The number of aliphatic carboxylic acids is 1. The lowest BCUT2D eigenvalue weighted by Gasteiger charge is -2.41. The van der Waals surface area contributed by atoms with Crippen molar-refractivity contribution in [2.24, 2.45) is 5.92 Å². The largest absolute Gasteiger partial charge is 0.481 e. The molecular formula is C29H25Cl2F2N3O4. The van der Waals surface area contributed by atoms with Gasteiger partial charge in [-0.25, -0.2) is 8.78 Å². The molecular weight excluding hydrogens is 563 g/mol. The lowest BCUT2D eigenvalue weighted by atomic mass is 9.83. The van der Waals surface area contributed by atoms with Crippen molar-refractivity contribution in [2.75, 3.05) is 17.2 Å². The van der Waals surface area contributed by atoms with Gasteiger partial charge in [-0.2, -0.15) is 0 Å². The van der Waals surface area contributed by atoms with Gasteiger partial charge in [0.15, 0.2) is 0 Å². The first-order valence-corrected chi connectivity index (χ1v) is 13.3. The van der Waals surface area contributed by atoms with Crippen molar-refractivity contribution < 1.29 is 28.3 Å². The number of anilines is 2. The molecule has 208 valence electrons. The zero-order valence-electron chi connectivity index (χ0n) is 21.3. The number of amides is 2. The first kappa shape index (κ1) is 28.0. The molecule has 3 aromatic rings. The van der Waals surface area contributed by atoms with Crippen LogP contribution in [-0.4, -0.2) is 46.3 Å². The van der Waals surface area contributed by atoms with E-state index in [0.717, 1.165) is 16.0 Å². The Morgan fingerprint density at radius 3 is 2.50 bits per heavy atom. The molecule has 0 aliphatic carbocycles. The van der Waals surface area contributed by atoms with Gasteiger partial charge in [0.1, 0.15) is 5.54 Å². The number of halogens is 4. The zero-order valence-corrected chi connectivity index (χ0v) is 22.8. The predicted octanol–water partition coefficient (Wildman–Crippen LogP) is 6.27. The fraction of sp³-hybridized carbons (Fsp3) is 0.276. The van der Waals surface area contributed by atoms with E-state index in [-0.39, 0.29) is 21.3 Å². The number of benzene rings is 3. The molecule has 0 bridgehead atoms. The van der Waals surface area contributed by atoms with Crippen LogP contribution in [0.5, 0.6) is 0 Å². The van der Waals surface area contributed by atoms with E-state index in [0.29, 0.717) is 5.69 Å². The molecule has 2 aliphatic rings. The minimum atomic E-state index is -3.29. The number of fused-ring (bicyclic) bond motifs is 1. The lowest BCUT2D eigenvalue weighted by Crippen LogP contribution is -2.57. The second kappa shape index (κ2) is 10.5. The number of nitrogens with one attached hydrogen (secondary N) is 2. The topological polar surface area (TPSA) is 98.7 Å². The van der Waals surface area contributed by atoms with Crippen LogP contribution >= 0.6 is 23.2 Å². The molecule has 2 aliphatic heterocycles. The Hall–Kier alpha value is -3.53. The number of carboxylic acid groups (broad SMARTS) is 1. The van der Waals surface area contributed by atoms with Crippen LogP contribution in [0, 0.1) is 5.92 Å². The van der Waals surface area contributed by atoms with E-state index in [2.05, 4.69) is 10.6 Å². The van der Waals surface area contributed by atoms with E-state index in [1.54, 1.807) is 18.2 Å². The van der Waals surface area contributed by atoms with Gasteiger partial charge in [-0.1, -0.05) is 72.6 Å². The first-order chi connectivity index (χ1) is 18.9. The fourth-order valence-electron chi connectivity index (χ4n) is 5.70. The third kappa shape index (κ3) is 5.05. The summed E-state index contributed by atoms with van der Waals surface area (Å²) < 4.78 is 30.1. The van der Waals surface area contributed by atoms with Crippen molar-refractivity contribution in [3.8, 4) is 11.1 Å². The number of carbonyl (C=O) groups is 3. The van der Waals surface area contributed by atoms with Crippen LogP contribution in [0.25, 0.3) is 11.1 Å². The Kier molecular flexibility index (Phi) is 7.33. The summed E-state index contributed by atoms with van der Waals surface area (Å²) in [6.07, 6.45) is -1.58. The van der Waals surface area contributed by atoms with Crippen molar-refractivity contribution in [1.29, 1.82) is 0 Å². The van der Waals surface area contributed by atoms with E-state index in [1.165, 1.54) is 19.1 Å². The smallest absolute Gasteiger partial charge is 0.306 e. The standard InChI is InChI=1S/C29H25Cl2F2N3O4/c1-16(26(39)34-20-9-5-8-18(10-20)17-6-3-2-4-7-17)23-13-28(32,33)15-36(23)29(14-24(37)38)21-11-19(30)12-22(31)25(21)35-27(29)40/h2-12,16,23H,13-15H2,1H3,(H,34,39)(H,35,40)(H,37,38)/t16-,23-,29-/m1/s1. The van der Waals surface area contributed by atoms with Crippen molar-refractivity contribution >= 4 is 52.4 Å². The van der Waals surface area contributed by atoms with Crippen molar-refractivity contribution in [2.45, 2.75) is 37.3 Å². The molecule has 0 spiro atoms. The average Bonchev–Trinajstić information content (AvgIpc) is 3.37. The third-order valence-corrected chi connectivity index (χ3v) is 8.07. The van der Waals surface area contributed by atoms with Crippen molar-refractivity contribution in [3.63, 3.8) is 0 Å². The highest BCUT2D eigenvalue weighted by Gasteiger charge is 2.62. The number of hydrogen-bond donors (Lipinski definition) is 3. The summed E-state index contributed by atoms with van der Waals surface area (Å²) in [5, 5.41) is 15.3. The molecule has 0 aromatic heterocycles. The van der Waals surface area contributed by atoms with Gasteiger partial charge in [0, 0.05) is 28.7 Å². The molecule has 3 atom stereocenters. The zero-order chi connectivity index (χ0) is 28.8. The predicted molar refractivity (Wildman–Crippen MR) is 149 cm³/mol. The Bertz CT molecular complexity index is 1500. The molecule has 1 fully saturated rings. The quantitative estimate of drug-likeness (QED) is 0.303. The van der Waals surface area contributed by atoms with Gasteiger partial charge >= 0.3 is 5.97 Å². The second-order valence-corrected chi connectivity index (χ2v) is 11.0. The summed E-state index contributed by atoms with van der Waals surface area (Å²) in [5.74, 6) is -7.09. The Labute approximate surface area is 239 Å². The van der Waals surface area contributed by atoms with Gasteiger partial charge in [0.25, 0.3) is 5.92 Å². The molecule has 0 saturated carbocycles. The number of likely N-dealkylation sites (tertiary alicyclic amines) is 1. The highest BCUT2D eigenvalue weighted by Crippen LogP contribution is 2.52. The first-order valence-electron chi connectivity index (χ1n) is 12.5. The van der Waals surface area contributed by atoms with E-state index >= 15 is 8.78 Å². The molecule has 1 saturated heterocycles. The van der Waals surface area contributed by atoms with Crippen LogP contribution in [-0.2, 0) is 19.9 Å². The van der Waals surface area contributed by atoms with E-state index in [4.69, 9.17) is 23.2 Å². The fourth-order valence-corrected chi connectivity index (χ4v) is 6.24. The van der Waals surface area contributed by atoms with Gasteiger partial charge in [0.05, 0.1) is 29.6 Å². The highest BCUT2D eigenvalue weighted by molar-refractivity contribution is 6.38. The van der Waals surface area contributed by atoms with Crippen LogP contribution in [0.4, 0.5) is 20.2 Å². The maximum atomic E-state index is 15.1. The Morgan fingerprint density at radius 2 is 1.80 bits per heavy atom. The van der Waals surface area contributed by atoms with Crippen molar-refractivity contribution in [1.82, 2.24) is 4.90 Å². The average molecular weight is 588 g/mol. The number of nitrogens with zero attached hydrogens (tertiary/aromatic N) is 1. The summed E-state index contributed by atoms with van der Waals surface area (Å²) in [6.45, 7) is 0.561. The molecule has 0 unspecified atom stereocenters. The van der Waals surface area contributed by atoms with E-state index < -0.39 is 60.6 Å². The van der Waals surface area contributed by atoms with Crippen LogP contribution < -0.4 is 10.6 Å². The number of rotatable bonds is 7. The van der Waals surface area contributed by atoms with Gasteiger partial charge in [0.2, 0.25) is 11.8 Å². The monoisotopic (exact) mass is 587 g/mol. The Morgan fingerprint density at radius 1 is 1.10 bits per heavy atom. The van der Waals surface area contributed by atoms with Crippen LogP contribution in [0.15, 0.2) is 66.7 Å².